The molecule has 0 radical (unpaired) electrons. The van der Waals surface area contributed by atoms with Gasteiger partial charge in [-0.1, -0.05) is 32.8 Å². The van der Waals surface area contributed by atoms with Gasteiger partial charge in [0.05, 0.1) is 18.1 Å². The highest BCUT2D eigenvalue weighted by Crippen LogP contribution is 2.60. The number of hydrogen-bond donors (Lipinski definition) is 0. The topological polar surface area (TPSA) is 80.3 Å². The highest BCUT2D eigenvalue weighted by atomic mass is 19.4. The van der Waals surface area contributed by atoms with Crippen LogP contribution in [0.5, 0.6) is 0 Å². The van der Waals surface area contributed by atoms with E-state index in [2.05, 4.69) is 20.8 Å². The van der Waals surface area contributed by atoms with E-state index in [9.17, 15) is 35.9 Å². The van der Waals surface area contributed by atoms with Gasteiger partial charge in [-0.3, -0.25) is 4.79 Å². The van der Waals surface area contributed by atoms with Crippen LogP contribution in [0.1, 0.15) is 52.9 Å². The van der Waals surface area contributed by atoms with Crippen molar-refractivity contribution in [1.82, 2.24) is 0 Å². The summed E-state index contributed by atoms with van der Waals surface area (Å²) in [6, 6.07) is 0. The van der Waals surface area contributed by atoms with Crippen LogP contribution < -0.4 is 0 Å². The SMILES string of the molecule is C=C(C(=O)OCC1(C)COC(OCOC2CCCCC2)(C(F)(F)F)C(F)(F)C1(C)OC(C)=O)C(F)(F)F. The number of rotatable bonds is 8. The number of carbonyl (C=O) groups excluding carboxylic acids is 2. The van der Waals surface area contributed by atoms with Crippen LogP contribution in [0, 0.1) is 5.41 Å². The van der Waals surface area contributed by atoms with Gasteiger partial charge in [0.1, 0.15) is 12.2 Å². The molecule has 2 aliphatic rings. The number of halogens is 8. The first kappa shape index (κ1) is 31.2. The van der Waals surface area contributed by atoms with Crippen LogP contribution in [0.4, 0.5) is 35.1 Å². The van der Waals surface area contributed by atoms with Gasteiger partial charge in [0.25, 0.3) is 0 Å². The van der Waals surface area contributed by atoms with Crippen molar-refractivity contribution in [2.24, 2.45) is 5.41 Å². The molecule has 3 unspecified atom stereocenters. The standard InChI is InChI=1S/C22H28F8O7/c1-13(19(23,24)25)16(32)33-10-17(3)11-35-21(22(28,29)30,20(26,27)18(17,4)37-14(2)31)36-12-34-15-8-6-5-7-9-15/h15H,1,5-12H2,2-4H3. The Bertz CT molecular complexity index is 868. The van der Waals surface area contributed by atoms with Crippen molar-refractivity contribution >= 4 is 11.9 Å². The van der Waals surface area contributed by atoms with Gasteiger partial charge in [0, 0.05) is 6.92 Å². The van der Waals surface area contributed by atoms with Gasteiger partial charge in [-0.25, -0.2) is 4.79 Å². The average Bonchev–Trinajstić information content (AvgIpc) is 2.76. The maximum Gasteiger partial charge on any atom is 0.450 e. The van der Waals surface area contributed by atoms with Crippen LogP contribution in [0.25, 0.3) is 0 Å². The van der Waals surface area contributed by atoms with Crippen molar-refractivity contribution in [2.75, 3.05) is 20.0 Å². The molecule has 0 amide bonds. The second kappa shape index (κ2) is 10.6. The van der Waals surface area contributed by atoms with Crippen molar-refractivity contribution in [2.45, 2.75) is 88.6 Å². The van der Waals surface area contributed by atoms with Gasteiger partial charge < -0.3 is 23.7 Å². The molecule has 3 atom stereocenters. The van der Waals surface area contributed by atoms with Gasteiger partial charge in [-0.2, -0.15) is 35.1 Å². The number of carbonyl (C=O) groups is 2. The van der Waals surface area contributed by atoms with Crippen LogP contribution in [0.15, 0.2) is 12.2 Å². The highest BCUT2D eigenvalue weighted by molar-refractivity contribution is 5.89. The molecular weight excluding hydrogens is 528 g/mol. The van der Waals surface area contributed by atoms with E-state index in [1.54, 1.807) is 0 Å². The summed E-state index contributed by atoms with van der Waals surface area (Å²) in [5.74, 6) is -13.4. The fourth-order valence-corrected chi connectivity index (χ4v) is 4.18. The van der Waals surface area contributed by atoms with E-state index in [1.807, 2.05) is 0 Å². The molecule has 15 heteroatoms. The summed E-state index contributed by atoms with van der Waals surface area (Å²) in [6.07, 6.45) is -8.35. The van der Waals surface area contributed by atoms with E-state index in [4.69, 9.17) is 9.47 Å². The summed E-state index contributed by atoms with van der Waals surface area (Å²) in [4.78, 5) is 23.5. The van der Waals surface area contributed by atoms with E-state index >= 15 is 8.78 Å². The van der Waals surface area contributed by atoms with E-state index in [0.717, 1.165) is 26.2 Å². The predicted octanol–water partition coefficient (Wildman–Crippen LogP) is 5.22. The first-order chi connectivity index (χ1) is 16.7. The van der Waals surface area contributed by atoms with Crippen molar-refractivity contribution in [3.05, 3.63) is 12.2 Å². The smallest absolute Gasteiger partial charge is 0.450 e. The summed E-state index contributed by atoms with van der Waals surface area (Å²) in [6.45, 7) is 0.436. The molecule has 1 saturated carbocycles. The Labute approximate surface area is 207 Å². The molecule has 0 N–H and O–H groups in total. The molecule has 7 nitrogen and oxygen atoms in total. The largest absolute Gasteiger partial charge is 0.461 e. The molecule has 0 spiro atoms. The lowest BCUT2D eigenvalue weighted by molar-refractivity contribution is -0.505. The Balaban J connectivity index is 2.41. The molecule has 2 rings (SSSR count). The fraction of sp³-hybridized carbons (Fsp3) is 0.818. The molecule has 1 aliphatic heterocycles. The Morgan fingerprint density at radius 3 is 2.08 bits per heavy atom. The zero-order chi connectivity index (χ0) is 28.5. The van der Waals surface area contributed by atoms with Gasteiger partial charge in [-0.05, 0) is 19.8 Å². The molecule has 0 aromatic rings. The van der Waals surface area contributed by atoms with E-state index in [1.165, 1.54) is 0 Å². The average molecular weight is 556 g/mol. The maximum absolute atomic E-state index is 15.9. The number of ether oxygens (including phenoxy) is 5. The molecule has 1 heterocycles. The minimum atomic E-state index is -5.91. The quantitative estimate of drug-likeness (QED) is 0.176. The predicted molar refractivity (Wildman–Crippen MR) is 108 cm³/mol. The van der Waals surface area contributed by atoms with Crippen LogP contribution in [-0.4, -0.2) is 67.7 Å². The highest BCUT2D eigenvalue weighted by Gasteiger charge is 2.85. The van der Waals surface area contributed by atoms with E-state index < -0.39 is 78.7 Å². The van der Waals surface area contributed by atoms with Gasteiger partial charge >= 0.3 is 36.0 Å². The zero-order valence-corrected chi connectivity index (χ0v) is 20.3. The van der Waals surface area contributed by atoms with Crippen LogP contribution in [-0.2, 0) is 33.3 Å². The van der Waals surface area contributed by atoms with Crippen LogP contribution in [0.3, 0.4) is 0 Å². The monoisotopic (exact) mass is 556 g/mol. The van der Waals surface area contributed by atoms with Crippen LogP contribution in [0.2, 0.25) is 0 Å². The first-order valence-electron chi connectivity index (χ1n) is 11.2. The summed E-state index contributed by atoms with van der Waals surface area (Å²) in [5.41, 5.74) is -7.92. The first-order valence-corrected chi connectivity index (χ1v) is 11.2. The number of esters is 2. The Morgan fingerprint density at radius 1 is 1.03 bits per heavy atom. The zero-order valence-electron chi connectivity index (χ0n) is 20.3. The second-order valence-electron chi connectivity index (χ2n) is 9.41. The molecule has 0 aromatic carbocycles. The van der Waals surface area contributed by atoms with E-state index in [0.29, 0.717) is 26.7 Å². The third-order valence-electron chi connectivity index (χ3n) is 6.71. The van der Waals surface area contributed by atoms with E-state index in [-0.39, 0.29) is 0 Å². The van der Waals surface area contributed by atoms with Crippen LogP contribution >= 0.6 is 0 Å². The Morgan fingerprint density at radius 2 is 1.59 bits per heavy atom. The fourth-order valence-electron chi connectivity index (χ4n) is 4.18. The summed E-state index contributed by atoms with van der Waals surface area (Å²) >= 11 is 0. The lowest BCUT2D eigenvalue weighted by Gasteiger charge is -2.57. The third-order valence-corrected chi connectivity index (χ3v) is 6.71. The molecule has 214 valence electrons. The molecule has 2 fully saturated rings. The van der Waals surface area contributed by atoms with Gasteiger partial charge in [0.15, 0.2) is 12.4 Å². The maximum atomic E-state index is 15.9. The van der Waals surface area contributed by atoms with Crippen molar-refractivity contribution < 1.29 is 68.4 Å². The Hall–Kier alpha value is -2.00. The summed E-state index contributed by atoms with van der Waals surface area (Å²) in [5, 5.41) is 0. The van der Waals surface area contributed by atoms with Crippen molar-refractivity contribution in [3.63, 3.8) is 0 Å². The minimum absolute atomic E-state index is 0.426. The molecule has 1 saturated heterocycles. The molecule has 0 aromatic heterocycles. The minimum Gasteiger partial charge on any atom is -0.461 e. The Kier molecular flexibility index (Phi) is 8.97. The van der Waals surface area contributed by atoms with Crippen molar-refractivity contribution in [1.29, 1.82) is 0 Å². The molecular formula is C22H28F8O7. The molecule has 0 bridgehead atoms. The van der Waals surface area contributed by atoms with Gasteiger partial charge in [-0.15, -0.1) is 0 Å². The number of alkyl halides is 8. The van der Waals surface area contributed by atoms with Crippen molar-refractivity contribution in [3.8, 4) is 0 Å². The summed E-state index contributed by atoms with van der Waals surface area (Å²) in [7, 11) is 0. The van der Waals surface area contributed by atoms with Gasteiger partial charge in [0.2, 0.25) is 0 Å². The molecule has 37 heavy (non-hydrogen) atoms. The number of hydrogen-bond acceptors (Lipinski definition) is 7. The lowest BCUT2D eigenvalue weighted by Crippen LogP contribution is -2.79. The lowest BCUT2D eigenvalue weighted by atomic mass is 9.67. The normalized spacial score (nSPS) is 31.0. The molecule has 1 aliphatic carbocycles. The second-order valence-corrected chi connectivity index (χ2v) is 9.41. The summed E-state index contributed by atoms with van der Waals surface area (Å²) < 4.78 is 136. The third kappa shape index (κ3) is 5.87.